The van der Waals surface area contributed by atoms with Gasteiger partial charge in [0, 0.05) is 17.3 Å². The minimum Gasteiger partial charge on any atom is -0.388 e. The first-order valence-electron chi connectivity index (χ1n) is 14.4. The maximum absolute atomic E-state index is 13.9. The molecule has 5 N–H and O–H groups in total. The van der Waals surface area contributed by atoms with Gasteiger partial charge in [0.2, 0.25) is 0 Å². The number of nitrogens with two attached hydrogens (primary N) is 1. The summed E-state index contributed by atoms with van der Waals surface area (Å²) in [6.07, 6.45) is -0.240. The second-order valence-corrected chi connectivity index (χ2v) is 13.1. The Morgan fingerprint density at radius 2 is 1.84 bits per heavy atom. The Hall–Kier alpha value is -2.87. The van der Waals surface area contributed by atoms with Crippen molar-refractivity contribution in [2.24, 2.45) is 23.5 Å². The zero-order valence-electron chi connectivity index (χ0n) is 24.9. The number of hydrogen-bond donors (Lipinski definition) is 4. The first-order valence-corrected chi connectivity index (χ1v) is 15.2. The number of halogens is 5. The maximum atomic E-state index is 13.9. The predicted molar refractivity (Wildman–Crippen MR) is 155 cm³/mol. The number of carbonyl (C=O) groups excluding carboxylic acids is 2. The van der Waals surface area contributed by atoms with Crippen molar-refractivity contribution in [2.75, 3.05) is 5.32 Å². The van der Waals surface area contributed by atoms with E-state index in [4.69, 9.17) is 5.73 Å². The van der Waals surface area contributed by atoms with Crippen LogP contribution in [0.2, 0.25) is 0 Å². The molecule has 2 saturated carbocycles. The van der Waals surface area contributed by atoms with E-state index in [1.54, 1.807) is 0 Å². The molecular weight excluding hydrogens is 593 g/mol. The van der Waals surface area contributed by atoms with Crippen molar-refractivity contribution in [3.63, 3.8) is 0 Å². The number of rotatable bonds is 10. The number of nitrogens with zero attached hydrogens (tertiary/aromatic N) is 2. The van der Waals surface area contributed by atoms with Crippen LogP contribution in [0, 0.1) is 17.8 Å². The van der Waals surface area contributed by atoms with Gasteiger partial charge < -0.3 is 21.5 Å². The molecule has 2 aromatic heterocycles. The van der Waals surface area contributed by atoms with Crippen LogP contribution >= 0.6 is 11.3 Å². The van der Waals surface area contributed by atoms with E-state index < -0.39 is 65.1 Å². The molecule has 2 aliphatic rings. The van der Waals surface area contributed by atoms with Crippen LogP contribution in [0.25, 0.3) is 10.4 Å². The highest BCUT2D eigenvalue weighted by molar-refractivity contribution is 7.17. The summed E-state index contributed by atoms with van der Waals surface area (Å²) in [6.45, 7) is 9.13. The average molecular weight is 634 g/mol. The van der Waals surface area contributed by atoms with Crippen LogP contribution in [0.1, 0.15) is 105 Å². The lowest BCUT2D eigenvalue weighted by molar-refractivity contribution is -0.146. The molecule has 0 radical (unpaired) electrons. The molecule has 0 aromatic carbocycles. The number of nitrogens with one attached hydrogen (secondary N) is 2. The SMILES string of the molecule is CC(NC(=O)c1nc(C(N)=O)c(-c2cnc(NC(C3CC3)C(F)(F)F)cc2C(F)F)s1)C(C)(C)O.CCC1CCC(C)C1. The fourth-order valence-corrected chi connectivity index (χ4v) is 5.88. The molecule has 2 amide bonds. The molecule has 14 heteroatoms. The van der Waals surface area contributed by atoms with Crippen molar-refractivity contribution in [1.29, 1.82) is 0 Å². The van der Waals surface area contributed by atoms with Gasteiger partial charge in [-0.3, -0.25) is 9.59 Å². The lowest BCUT2D eigenvalue weighted by atomic mass is 10.0. The third-order valence-corrected chi connectivity index (χ3v) is 9.10. The van der Waals surface area contributed by atoms with Gasteiger partial charge >= 0.3 is 6.18 Å². The molecule has 4 atom stereocenters. The number of alkyl halides is 5. The number of primary amides is 1. The Morgan fingerprint density at radius 3 is 2.28 bits per heavy atom. The van der Waals surface area contributed by atoms with Gasteiger partial charge in [0.05, 0.1) is 16.5 Å². The number of carbonyl (C=O) groups is 2. The van der Waals surface area contributed by atoms with Crippen molar-refractivity contribution in [3.8, 4) is 10.4 Å². The number of hydrogen-bond acceptors (Lipinski definition) is 7. The number of pyridine rings is 1. The highest BCUT2D eigenvalue weighted by atomic mass is 32.1. The van der Waals surface area contributed by atoms with Crippen molar-refractivity contribution in [3.05, 3.63) is 28.5 Å². The molecule has 0 spiro atoms. The van der Waals surface area contributed by atoms with Gasteiger partial charge in [0.25, 0.3) is 18.2 Å². The summed E-state index contributed by atoms with van der Waals surface area (Å²) in [6, 6.07) is -1.87. The summed E-state index contributed by atoms with van der Waals surface area (Å²) in [5.74, 6) is -0.841. The normalized spacial score (nSPS) is 20.3. The second-order valence-electron chi connectivity index (χ2n) is 12.1. The number of anilines is 1. The smallest absolute Gasteiger partial charge is 0.388 e. The molecule has 0 aliphatic heterocycles. The second kappa shape index (κ2) is 13.8. The van der Waals surface area contributed by atoms with E-state index in [2.05, 4.69) is 34.4 Å². The fourth-order valence-electron chi connectivity index (χ4n) is 4.87. The van der Waals surface area contributed by atoms with Gasteiger partial charge in [-0.25, -0.2) is 18.7 Å². The van der Waals surface area contributed by atoms with Crippen LogP contribution in [0.4, 0.5) is 27.8 Å². The number of amides is 2. The lowest BCUT2D eigenvalue weighted by Gasteiger charge is -2.26. The Kier molecular flexibility index (Phi) is 11.1. The van der Waals surface area contributed by atoms with Gasteiger partial charge in [0.15, 0.2) is 5.01 Å². The highest BCUT2D eigenvalue weighted by Gasteiger charge is 2.49. The van der Waals surface area contributed by atoms with E-state index in [0.717, 1.165) is 24.1 Å². The summed E-state index contributed by atoms with van der Waals surface area (Å²) in [5.41, 5.74) is 2.59. The summed E-state index contributed by atoms with van der Waals surface area (Å²) in [5, 5.41) is 14.4. The minimum absolute atomic E-state index is 0.178. The van der Waals surface area contributed by atoms with Crippen LogP contribution in [0.3, 0.4) is 0 Å². The van der Waals surface area contributed by atoms with Crippen molar-refractivity contribution >= 4 is 29.0 Å². The van der Waals surface area contributed by atoms with E-state index in [9.17, 15) is 36.6 Å². The average Bonchev–Trinajstić information content (AvgIpc) is 3.48. The molecule has 0 bridgehead atoms. The Balaban J connectivity index is 0.000000546. The van der Waals surface area contributed by atoms with Crippen molar-refractivity contribution in [2.45, 2.75) is 103 Å². The van der Waals surface area contributed by atoms with Gasteiger partial charge in [-0.05, 0) is 63.9 Å². The molecule has 0 saturated heterocycles. The molecular formula is C29H40F5N5O3S. The number of thiazole rings is 1. The van der Waals surface area contributed by atoms with Crippen molar-refractivity contribution in [1.82, 2.24) is 15.3 Å². The molecule has 240 valence electrons. The topological polar surface area (TPSA) is 130 Å². The van der Waals surface area contributed by atoms with Gasteiger partial charge in [-0.15, -0.1) is 11.3 Å². The third-order valence-electron chi connectivity index (χ3n) is 8.01. The van der Waals surface area contributed by atoms with E-state index in [0.29, 0.717) is 24.2 Å². The first kappa shape index (κ1) is 34.6. The van der Waals surface area contributed by atoms with E-state index in [1.807, 2.05) is 0 Å². The Labute approximate surface area is 252 Å². The zero-order valence-corrected chi connectivity index (χ0v) is 25.7. The largest absolute Gasteiger partial charge is 0.408 e. The molecule has 2 fully saturated rings. The molecule has 2 heterocycles. The summed E-state index contributed by atoms with van der Waals surface area (Å²) in [7, 11) is 0. The third kappa shape index (κ3) is 9.31. The van der Waals surface area contributed by atoms with Crippen LogP contribution < -0.4 is 16.4 Å². The molecule has 8 nitrogen and oxygen atoms in total. The van der Waals surface area contributed by atoms with Crippen LogP contribution in [-0.2, 0) is 0 Å². The Bertz CT molecular complexity index is 1280. The van der Waals surface area contributed by atoms with Gasteiger partial charge in [-0.1, -0.05) is 33.1 Å². The molecule has 43 heavy (non-hydrogen) atoms. The first-order chi connectivity index (χ1) is 19.9. The maximum Gasteiger partial charge on any atom is 0.408 e. The molecule has 2 aromatic rings. The Morgan fingerprint density at radius 1 is 1.19 bits per heavy atom. The van der Waals surface area contributed by atoms with Crippen LogP contribution in [0.5, 0.6) is 0 Å². The predicted octanol–water partition coefficient (Wildman–Crippen LogP) is 6.72. The van der Waals surface area contributed by atoms with Crippen molar-refractivity contribution < 1.29 is 36.6 Å². The zero-order chi connectivity index (χ0) is 32.3. The summed E-state index contributed by atoms with van der Waals surface area (Å²) >= 11 is 0.593. The molecule has 2 aliphatic carbocycles. The fraction of sp³-hybridized carbons (Fsp3) is 0.655. The van der Waals surface area contributed by atoms with Crippen LogP contribution in [0.15, 0.2) is 12.3 Å². The minimum atomic E-state index is -4.59. The lowest BCUT2D eigenvalue weighted by Crippen LogP contribution is -2.47. The molecule has 4 rings (SSSR count). The highest BCUT2D eigenvalue weighted by Crippen LogP contribution is 2.43. The molecule has 4 unspecified atom stereocenters. The number of aromatic nitrogens is 2. The summed E-state index contributed by atoms with van der Waals surface area (Å²) in [4.78, 5) is 32.1. The van der Waals surface area contributed by atoms with Gasteiger partial charge in [0.1, 0.15) is 17.6 Å². The van der Waals surface area contributed by atoms with Gasteiger partial charge in [-0.2, -0.15) is 13.2 Å². The van der Waals surface area contributed by atoms with E-state index in [-0.39, 0.29) is 15.4 Å². The standard InChI is InChI=1S/C21H24F5N5O3S.C8H16/c1-8(20(2,3)34)29-18(33)19-31-13(17(27)32)14(35-19)11-7-28-12(6-10(11)16(22)23)30-15(9-4-5-9)21(24,25)26;1-3-8-5-4-7(2)6-8/h6-9,15-16,34H,4-5H2,1-3H3,(H2,27,32)(H,28,30)(H,29,33);7-8H,3-6H2,1-2H3. The summed E-state index contributed by atoms with van der Waals surface area (Å²) < 4.78 is 67.8. The number of aliphatic hydroxyl groups is 1. The van der Waals surface area contributed by atoms with E-state index in [1.165, 1.54) is 46.5 Å². The van der Waals surface area contributed by atoms with Crippen LogP contribution in [-0.4, -0.2) is 50.7 Å². The quantitative estimate of drug-likeness (QED) is 0.215. The monoisotopic (exact) mass is 633 g/mol. The van der Waals surface area contributed by atoms with E-state index >= 15 is 0 Å².